The molecule has 1 aromatic carbocycles. The van der Waals surface area contributed by atoms with Crippen LogP contribution >= 0.6 is 0 Å². The van der Waals surface area contributed by atoms with E-state index in [0.29, 0.717) is 0 Å². The van der Waals surface area contributed by atoms with Crippen molar-refractivity contribution in [2.75, 3.05) is 0 Å². The Balaban J connectivity index is 2.62. The Morgan fingerprint density at radius 3 is 2.53 bits per heavy atom. The van der Waals surface area contributed by atoms with Crippen molar-refractivity contribution < 1.29 is 10.0 Å². The highest BCUT2D eigenvalue weighted by molar-refractivity contribution is 5.49. The highest BCUT2D eigenvalue weighted by Crippen LogP contribution is 2.05. The van der Waals surface area contributed by atoms with Gasteiger partial charge in [0.25, 0.3) is 0 Å². The summed E-state index contributed by atoms with van der Waals surface area (Å²) in [5.41, 5.74) is 0.909. The molecule has 1 rings (SSSR count). The van der Waals surface area contributed by atoms with E-state index in [1.807, 2.05) is 30.3 Å². The van der Waals surface area contributed by atoms with Crippen LogP contribution in [0.25, 0.3) is 6.08 Å². The Hall–Kier alpha value is -1.68. The Labute approximate surface area is 88.0 Å². The molecule has 0 unspecified atom stereocenters. The summed E-state index contributed by atoms with van der Waals surface area (Å²) in [5, 5.41) is 19.8. The van der Waals surface area contributed by atoms with Gasteiger partial charge in [-0.05, 0) is 11.6 Å². The van der Waals surface area contributed by atoms with Crippen molar-refractivity contribution >= 4 is 6.08 Å². The van der Waals surface area contributed by atoms with Gasteiger partial charge in [0, 0.05) is 11.8 Å². The first kappa shape index (κ1) is 11.4. The lowest BCUT2D eigenvalue weighted by atomic mass is 10.1. The molecule has 4 nitrogen and oxygen atoms in total. The molecule has 0 bridgehead atoms. The van der Waals surface area contributed by atoms with Gasteiger partial charge >= 0.3 is 0 Å². The van der Waals surface area contributed by atoms with E-state index in [2.05, 4.69) is 0 Å². The predicted molar refractivity (Wildman–Crippen MR) is 57.9 cm³/mol. The minimum Gasteiger partial charge on any atom is -0.382 e. The number of benzene rings is 1. The average Bonchev–Trinajstić information content (AvgIpc) is 2.26. The second-order valence-corrected chi connectivity index (χ2v) is 3.29. The standard InChI is InChI=1S/C11H13NO3/c1-9(12(14)15)11(13)8-7-10-5-3-2-4-6-10/h2-9,11,13H,1H3/b8-7+/t9-,11+/m1/s1. The molecular weight excluding hydrogens is 194 g/mol. The fraction of sp³-hybridized carbons (Fsp3) is 0.273. The van der Waals surface area contributed by atoms with Crippen molar-refractivity contribution in [3.05, 3.63) is 52.1 Å². The topological polar surface area (TPSA) is 63.4 Å². The summed E-state index contributed by atoms with van der Waals surface area (Å²) in [5.74, 6) is 0. The van der Waals surface area contributed by atoms with Crippen LogP contribution in [0.2, 0.25) is 0 Å². The van der Waals surface area contributed by atoms with Gasteiger partial charge in [0.05, 0.1) is 0 Å². The summed E-state index contributed by atoms with van der Waals surface area (Å²) in [6.07, 6.45) is 2.05. The molecule has 2 atom stereocenters. The Morgan fingerprint density at radius 2 is 2.00 bits per heavy atom. The van der Waals surface area contributed by atoms with E-state index >= 15 is 0 Å². The summed E-state index contributed by atoms with van der Waals surface area (Å²) >= 11 is 0. The molecule has 1 N–H and O–H groups in total. The SMILES string of the molecule is C[C@H]([C@@H](O)/C=C/c1ccccc1)[N+](=O)[O-]. The van der Waals surface area contributed by atoms with E-state index < -0.39 is 17.1 Å². The van der Waals surface area contributed by atoms with Crippen molar-refractivity contribution in [2.45, 2.75) is 19.1 Å². The fourth-order valence-corrected chi connectivity index (χ4v) is 1.06. The number of aliphatic hydroxyl groups excluding tert-OH is 1. The summed E-state index contributed by atoms with van der Waals surface area (Å²) in [6.45, 7) is 1.38. The smallest absolute Gasteiger partial charge is 0.239 e. The first-order valence-electron chi connectivity index (χ1n) is 4.66. The van der Waals surface area contributed by atoms with E-state index in [1.54, 1.807) is 6.08 Å². The lowest BCUT2D eigenvalue weighted by molar-refractivity contribution is -0.526. The van der Waals surface area contributed by atoms with Crippen LogP contribution in [0.4, 0.5) is 0 Å². The van der Waals surface area contributed by atoms with Crippen LogP contribution in [0.15, 0.2) is 36.4 Å². The van der Waals surface area contributed by atoms with Gasteiger partial charge < -0.3 is 5.11 Å². The number of nitrogens with zero attached hydrogens (tertiary/aromatic N) is 1. The third kappa shape index (κ3) is 3.52. The molecule has 0 amide bonds. The molecule has 0 aliphatic heterocycles. The van der Waals surface area contributed by atoms with Crippen LogP contribution in [0.3, 0.4) is 0 Å². The van der Waals surface area contributed by atoms with Crippen molar-refractivity contribution in [3.8, 4) is 0 Å². The van der Waals surface area contributed by atoms with Gasteiger partial charge in [-0.15, -0.1) is 0 Å². The summed E-state index contributed by atoms with van der Waals surface area (Å²) in [6, 6.07) is 8.35. The molecule has 80 valence electrons. The Bertz CT molecular complexity index is 348. The van der Waals surface area contributed by atoms with Crippen LogP contribution in [0, 0.1) is 10.1 Å². The van der Waals surface area contributed by atoms with Gasteiger partial charge in [-0.2, -0.15) is 0 Å². The maximum Gasteiger partial charge on any atom is 0.239 e. The third-order valence-corrected chi connectivity index (χ3v) is 2.11. The maximum atomic E-state index is 10.4. The molecular formula is C11H13NO3. The largest absolute Gasteiger partial charge is 0.382 e. The maximum absolute atomic E-state index is 10.4. The molecule has 15 heavy (non-hydrogen) atoms. The minimum atomic E-state index is -1.06. The summed E-state index contributed by atoms with van der Waals surface area (Å²) < 4.78 is 0. The van der Waals surface area contributed by atoms with Gasteiger partial charge in [-0.25, -0.2) is 0 Å². The molecule has 0 aromatic heterocycles. The number of aliphatic hydroxyl groups is 1. The molecule has 0 saturated carbocycles. The van der Waals surface area contributed by atoms with Crippen LogP contribution in [-0.4, -0.2) is 22.2 Å². The van der Waals surface area contributed by atoms with Gasteiger partial charge in [-0.1, -0.05) is 36.4 Å². The molecule has 0 spiro atoms. The van der Waals surface area contributed by atoms with Gasteiger partial charge in [0.2, 0.25) is 6.04 Å². The lowest BCUT2D eigenvalue weighted by Gasteiger charge is -2.06. The average molecular weight is 207 g/mol. The molecule has 0 fully saturated rings. The molecule has 0 saturated heterocycles. The molecule has 4 heteroatoms. The Morgan fingerprint density at radius 1 is 1.40 bits per heavy atom. The molecule has 1 aromatic rings. The van der Waals surface area contributed by atoms with Crippen LogP contribution < -0.4 is 0 Å². The first-order chi connectivity index (χ1) is 7.11. The van der Waals surface area contributed by atoms with Crippen LogP contribution in [0.1, 0.15) is 12.5 Å². The predicted octanol–water partition coefficient (Wildman–Crippen LogP) is 1.73. The second kappa shape index (κ2) is 5.26. The zero-order valence-electron chi connectivity index (χ0n) is 8.41. The van der Waals surface area contributed by atoms with Crippen molar-refractivity contribution in [2.24, 2.45) is 0 Å². The van der Waals surface area contributed by atoms with E-state index in [1.165, 1.54) is 13.0 Å². The summed E-state index contributed by atoms with van der Waals surface area (Å²) in [4.78, 5) is 9.86. The number of rotatable bonds is 4. The molecule has 0 aliphatic rings. The van der Waals surface area contributed by atoms with Crippen molar-refractivity contribution in [3.63, 3.8) is 0 Å². The Kier molecular flexibility index (Phi) is 4.00. The molecule has 0 heterocycles. The second-order valence-electron chi connectivity index (χ2n) is 3.29. The van der Waals surface area contributed by atoms with E-state index in [-0.39, 0.29) is 0 Å². The zero-order chi connectivity index (χ0) is 11.3. The van der Waals surface area contributed by atoms with Gasteiger partial charge in [-0.3, -0.25) is 10.1 Å². The minimum absolute atomic E-state index is 0.500. The van der Waals surface area contributed by atoms with Gasteiger partial charge in [0.1, 0.15) is 6.10 Å². The molecule has 0 radical (unpaired) electrons. The highest BCUT2D eigenvalue weighted by Gasteiger charge is 2.20. The van der Waals surface area contributed by atoms with Crippen molar-refractivity contribution in [1.29, 1.82) is 0 Å². The zero-order valence-corrected chi connectivity index (χ0v) is 8.41. The summed E-state index contributed by atoms with van der Waals surface area (Å²) in [7, 11) is 0. The first-order valence-corrected chi connectivity index (χ1v) is 4.66. The number of hydrogen-bond donors (Lipinski definition) is 1. The quantitative estimate of drug-likeness (QED) is 0.604. The fourth-order valence-electron chi connectivity index (χ4n) is 1.06. The van der Waals surface area contributed by atoms with Crippen LogP contribution in [0.5, 0.6) is 0 Å². The van der Waals surface area contributed by atoms with E-state index in [0.717, 1.165) is 5.56 Å². The van der Waals surface area contributed by atoms with E-state index in [4.69, 9.17) is 0 Å². The van der Waals surface area contributed by atoms with Crippen LogP contribution in [-0.2, 0) is 0 Å². The number of hydrogen-bond acceptors (Lipinski definition) is 3. The van der Waals surface area contributed by atoms with Gasteiger partial charge in [0.15, 0.2) is 0 Å². The highest BCUT2D eigenvalue weighted by atomic mass is 16.6. The molecule has 0 aliphatic carbocycles. The number of nitro groups is 1. The van der Waals surface area contributed by atoms with Crippen molar-refractivity contribution in [1.82, 2.24) is 0 Å². The lowest BCUT2D eigenvalue weighted by Crippen LogP contribution is -2.28. The van der Waals surface area contributed by atoms with E-state index in [9.17, 15) is 15.2 Å². The third-order valence-electron chi connectivity index (χ3n) is 2.11. The monoisotopic (exact) mass is 207 g/mol. The normalized spacial score (nSPS) is 15.1.